The first kappa shape index (κ1) is 13.1. The number of aromatic nitrogens is 2. The molecule has 0 saturated heterocycles. The number of fused-ring (bicyclic) bond motifs is 1. The quantitative estimate of drug-likeness (QED) is 0.684. The Morgan fingerprint density at radius 3 is 2.85 bits per heavy atom. The minimum absolute atomic E-state index is 0.312. The second-order valence-corrected chi connectivity index (χ2v) is 4.96. The van der Waals surface area contributed by atoms with Crippen LogP contribution in [-0.2, 0) is 11.3 Å². The number of nitrogens with zero attached hydrogens (tertiary/aromatic N) is 2. The van der Waals surface area contributed by atoms with E-state index in [4.69, 9.17) is 20.8 Å². The van der Waals surface area contributed by atoms with Gasteiger partial charge in [0, 0.05) is 18.6 Å². The molecule has 102 valence electrons. The maximum Gasteiger partial charge on any atom is 0.156 e. The predicted octanol–water partition coefficient (Wildman–Crippen LogP) is 4.00. The lowest BCUT2D eigenvalue weighted by molar-refractivity contribution is 0.178. The van der Waals surface area contributed by atoms with Crippen molar-refractivity contribution in [3.05, 3.63) is 46.9 Å². The molecule has 20 heavy (non-hydrogen) atoms. The molecule has 0 bridgehead atoms. The summed E-state index contributed by atoms with van der Waals surface area (Å²) >= 11 is 6.01. The van der Waals surface area contributed by atoms with E-state index in [0.29, 0.717) is 29.0 Å². The van der Waals surface area contributed by atoms with E-state index in [0.717, 1.165) is 11.0 Å². The lowest BCUT2D eigenvalue weighted by atomic mass is 10.2. The van der Waals surface area contributed by atoms with Crippen LogP contribution < -0.4 is 0 Å². The number of hydrogen-bond donors (Lipinski definition) is 0. The molecule has 3 aromatic rings. The normalized spacial score (nSPS) is 11.2. The highest BCUT2D eigenvalue weighted by molar-refractivity contribution is 6.29. The molecule has 5 heteroatoms. The standard InChI is InChI=1S/C15H13ClN2O2/c1-9-3-4-12-10(5-9)6-13(20-12)11-7-14(16)18-15(17-11)8-19-2/h3-7H,8H2,1-2H3. The summed E-state index contributed by atoms with van der Waals surface area (Å²) < 4.78 is 10.8. The van der Waals surface area contributed by atoms with Crippen molar-refractivity contribution in [2.75, 3.05) is 7.11 Å². The van der Waals surface area contributed by atoms with Crippen molar-refractivity contribution < 1.29 is 9.15 Å². The molecule has 4 nitrogen and oxygen atoms in total. The van der Waals surface area contributed by atoms with Crippen molar-refractivity contribution in [3.63, 3.8) is 0 Å². The van der Waals surface area contributed by atoms with Crippen LogP contribution in [0.5, 0.6) is 0 Å². The zero-order chi connectivity index (χ0) is 14.1. The van der Waals surface area contributed by atoms with Gasteiger partial charge in [-0.3, -0.25) is 0 Å². The fourth-order valence-electron chi connectivity index (χ4n) is 2.07. The molecule has 3 rings (SSSR count). The molecular weight excluding hydrogens is 276 g/mol. The molecule has 0 aliphatic carbocycles. The van der Waals surface area contributed by atoms with E-state index in [9.17, 15) is 0 Å². The molecule has 0 fully saturated rings. The Kier molecular flexibility index (Phi) is 3.42. The summed E-state index contributed by atoms with van der Waals surface area (Å²) in [7, 11) is 1.59. The number of benzene rings is 1. The Morgan fingerprint density at radius 1 is 1.20 bits per heavy atom. The molecule has 2 heterocycles. The first-order chi connectivity index (χ1) is 9.65. The van der Waals surface area contributed by atoms with Crippen LogP contribution in [0.4, 0.5) is 0 Å². The van der Waals surface area contributed by atoms with E-state index in [1.165, 1.54) is 5.56 Å². The molecule has 1 aromatic carbocycles. The summed E-state index contributed by atoms with van der Waals surface area (Å²) in [4.78, 5) is 8.50. The Hall–Kier alpha value is -1.91. The molecular formula is C15H13ClN2O2. The van der Waals surface area contributed by atoms with Crippen molar-refractivity contribution in [2.24, 2.45) is 0 Å². The lowest BCUT2D eigenvalue weighted by Crippen LogP contribution is -1.98. The fraction of sp³-hybridized carbons (Fsp3) is 0.200. The third-order valence-electron chi connectivity index (χ3n) is 2.94. The third kappa shape index (κ3) is 2.53. The van der Waals surface area contributed by atoms with Gasteiger partial charge in [-0.25, -0.2) is 9.97 Å². The van der Waals surface area contributed by atoms with Crippen LogP contribution in [0.2, 0.25) is 5.15 Å². The van der Waals surface area contributed by atoms with Crippen LogP contribution in [0.25, 0.3) is 22.4 Å². The van der Waals surface area contributed by atoms with Gasteiger partial charge in [0.15, 0.2) is 11.6 Å². The van der Waals surface area contributed by atoms with E-state index >= 15 is 0 Å². The van der Waals surface area contributed by atoms with Gasteiger partial charge in [-0.05, 0) is 25.1 Å². The number of methoxy groups -OCH3 is 1. The Balaban J connectivity index is 2.10. The van der Waals surface area contributed by atoms with Gasteiger partial charge >= 0.3 is 0 Å². The van der Waals surface area contributed by atoms with Gasteiger partial charge < -0.3 is 9.15 Å². The minimum Gasteiger partial charge on any atom is -0.454 e. The largest absolute Gasteiger partial charge is 0.454 e. The van der Waals surface area contributed by atoms with Crippen molar-refractivity contribution in [2.45, 2.75) is 13.5 Å². The highest BCUT2D eigenvalue weighted by atomic mass is 35.5. The lowest BCUT2D eigenvalue weighted by Gasteiger charge is -2.02. The molecule has 0 atom stereocenters. The van der Waals surface area contributed by atoms with Crippen LogP contribution in [0.1, 0.15) is 11.4 Å². The van der Waals surface area contributed by atoms with Gasteiger partial charge in [-0.15, -0.1) is 0 Å². The molecule has 0 spiro atoms. The fourth-order valence-corrected chi connectivity index (χ4v) is 2.27. The molecule has 0 saturated carbocycles. The van der Waals surface area contributed by atoms with Crippen LogP contribution in [0.15, 0.2) is 34.7 Å². The van der Waals surface area contributed by atoms with Crippen molar-refractivity contribution in [3.8, 4) is 11.5 Å². The molecule has 0 amide bonds. The Labute approximate surface area is 121 Å². The average Bonchev–Trinajstić information content (AvgIpc) is 2.81. The second-order valence-electron chi connectivity index (χ2n) is 4.58. The van der Waals surface area contributed by atoms with Crippen molar-refractivity contribution >= 4 is 22.6 Å². The SMILES string of the molecule is COCc1nc(Cl)cc(-c2cc3cc(C)ccc3o2)n1. The number of furan rings is 1. The highest BCUT2D eigenvalue weighted by Gasteiger charge is 2.11. The summed E-state index contributed by atoms with van der Waals surface area (Å²) in [6.45, 7) is 2.36. The first-order valence-electron chi connectivity index (χ1n) is 6.18. The molecule has 0 radical (unpaired) electrons. The molecule has 0 aliphatic rings. The highest BCUT2D eigenvalue weighted by Crippen LogP contribution is 2.28. The van der Waals surface area contributed by atoms with Gasteiger partial charge in [-0.2, -0.15) is 0 Å². The van der Waals surface area contributed by atoms with Gasteiger partial charge in [0.25, 0.3) is 0 Å². The summed E-state index contributed by atoms with van der Waals surface area (Å²) in [6, 6.07) is 9.68. The first-order valence-corrected chi connectivity index (χ1v) is 6.56. The molecule has 0 unspecified atom stereocenters. The third-order valence-corrected chi connectivity index (χ3v) is 3.13. The predicted molar refractivity (Wildman–Crippen MR) is 77.7 cm³/mol. The van der Waals surface area contributed by atoms with E-state index < -0.39 is 0 Å². The monoisotopic (exact) mass is 288 g/mol. The maximum atomic E-state index is 6.01. The Bertz CT molecular complexity index is 768. The van der Waals surface area contributed by atoms with Gasteiger partial charge in [0.1, 0.15) is 23.0 Å². The van der Waals surface area contributed by atoms with E-state index in [-0.39, 0.29) is 0 Å². The smallest absolute Gasteiger partial charge is 0.156 e. The topological polar surface area (TPSA) is 48.2 Å². The summed E-state index contributed by atoms with van der Waals surface area (Å²) in [5, 5.41) is 1.42. The van der Waals surface area contributed by atoms with Crippen molar-refractivity contribution in [1.82, 2.24) is 9.97 Å². The summed E-state index contributed by atoms with van der Waals surface area (Å²) in [5.41, 5.74) is 2.67. The van der Waals surface area contributed by atoms with Crippen LogP contribution in [0.3, 0.4) is 0 Å². The number of ether oxygens (including phenoxy) is 1. The van der Waals surface area contributed by atoms with E-state index in [1.807, 2.05) is 25.1 Å². The zero-order valence-corrected chi connectivity index (χ0v) is 11.9. The average molecular weight is 289 g/mol. The summed E-state index contributed by atoms with van der Waals surface area (Å²) in [5.74, 6) is 1.21. The number of halogens is 1. The van der Waals surface area contributed by atoms with Crippen LogP contribution in [0, 0.1) is 6.92 Å². The minimum atomic E-state index is 0.312. The Morgan fingerprint density at radius 2 is 2.05 bits per heavy atom. The van der Waals surface area contributed by atoms with Gasteiger partial charge in [-0.1, -0.05) is 23.2 Å². The number of aryl methyl sites for hydroxylation is 1. The van der Waals surface area contributed by atoms with Crippen LogP contribution >= 0.6 is 11.6 Å². The van der Waals surface area contributed by atoms with E-state index in [1.54, 1.807) is 13.2 Å². The number of hydrogen-bond acceptors (Lipinski definition) is 4. The second kappa shape index (κ2) is 5.23. The number of rotatable bonds is 3. The van der Waals surface area contributed by atoms with E-state index in [2.05, 4.69) is 16.0 Å². The molecule has 2 aromatic heterocycles. The van der Waals surface area contributed by atoms with Gasteiger partial charge in [0.05, 0.1) is 0 Å². The maximum absolute atomic E-state index is 6.01. The molecule has 0 aliphatic heterocycles. The summed E-state index contributed by atoms with van der Waals surface area (Å²) in [6.07, 6.45) is 0. The molecule has 0 N–H and O–H groups in total. The van der Waals surface area contributed by atoms with Crippen molar-refractivity contribution in [1.29, 1.82) is 0 Å². The zero-order valence-electron chi connectivity index (χ0n) is 11.2. The van der Waals surface area contributed by atoms with Gasteiger partial charge in [0.2, 0.25) is 0 Å². The van der Waals surface area contributed by atoms with Crippen LogP contribution in [-0.4, -0.2) is 17.1 Å².